The molecule has 0 saturated heterocycles. The molecule has 2 nitrogen and oxygen atoms in total. The molecule has 0 bridgehead atoms. The van der Waals surface area contributed by atoms with Gasteiger partial charge in [-0.2, -0.15) is 5.26 Å². The highest BCUT2D eigenvalue weighted by Gasteiger charge is 1.98. The molecule has 0 aromatic heterocycles. The number of aryl methyl sites for hydroxylation is 2. The lowest BCUT2D eigenvalue weighted by Crippen LogP contribution is -1.96. The second kappa shape index (κ2) is 6.61. The zero-order chi connectivity index (χ0) is 13.5. The molecule has 0 aliphatic carbocycles. The first-order chi connectivity index (χ1) is 9.28. The maximum absolute atomic E-state index is 8.59. The Kier molecular flexibility index (Phi) is 4.58. The van der Waals surface area contributed by atoms with E-state index in [9.17, 15) is 0 Å². The molecular weight excluding hydrogens is 234 g/mol. The predicted octanol–water partition coefficient (Wildman–Crippen LogP) is 4.03. The topological polar surface area (TPSA) is 33.0 Å². The van der Waals surface area contributed by atoms with Crippen molar-refractivity contribution in [2.45, 2.75) is 26.4 Å². The van der Waals surface area contributed by atoms with Gasteiger partial charge >= 0.3 is 0 Å². The fourth-order valence-electron chi connectivity index (χ4n) is 1.84. The van der Waals surface area contributed by atoms with E-state index in [1.54, 1.807) is 0 Å². The Morgan fingerprint density at radius 1 is 1.05 bits per heavy atom. The van der Waals surface area contributed by atoms with Gasteiger partial charge in [0, 0.05) is 6.42 Å². The Morgan fingerprint density at radius 3 is 2.58 bits per heavy atom. The zero-order valence-corrected chi connectivity index (χ0v) is 11.1. The van der Waals surface area contributed by atoms with E-state index < -0.39 is 0 Å². The van der Waals surface area contributed by atoms with Crippen LogP contribution in [0.5, 0.6) is 5.75 Å². The Balaban J connectivity index is 1.95. The van der Waals surface area contributed by atoms with Gasteiger partial charge in [-0.15, -0.1) is 0 Å². The third-order valence-electron chi connectivity index (χ3n) is 2.95. The maximum Gasteiger partial charge on any atom is 0.120 e. The molecule has 0 spiro atoms. The standard InChI is InChI=1S/C17H17NO/c1-14-7-9-16(10-8-14)13-19-17-6-2-4-15(12-17)5-3-11-18/h2,4,6-10,12H,3,5,13H2,1H3. The monoisotopic (exact) mass is 251 g/mol. The molecule has 0 atom stereocenters. The minimum absolute atomic E-state index is 0.543. The van der Waals surface area contributed by atoms with E-state index in [1.165, 1.54) is 5.56 Å². The average Bonchev–Trinajstić information content (AvgIpc) is 2.45. The zero-order valence-electron chi connectivity index (χ0n) is 11.1. The molecule has 0 radical (unpaired) electrons. The van der Waals surface area contributed by atoms with Crippen LogP contribution in [0.2, 0.25) is 0 Å². The van der Waals surface area contributed by atoms with E-state index >= 15 is 0 Å². The number of benzene rings is 2. The quantitative estimate of drug-likeness (QED) is 0.803. The Bertz CT molecular complexity index is 567. The molecule has 2 rings (SSSR count). The Hall–Kier alpha value is -2.27. The third kappa shape index (κ3) is 4.15. The highest BCUT2D eigenvalue weighted by molar-refractivity contribution is 5.29. The number of hydrogen-bond donors (Lipinski definition) is 0. The van der Waals surface area contributed by atoms with E-state index in [4.69, 9.17) is 10.00 Å². The SMILES string of the molecule is Cc1ccc(COc2cccc(CCC#N)c2)cc1. The smallest absolute Gasteiger partial charge is 0.120 e. The van der Waals surface area contributed by atoms with Gasteiger partial charge in [0.15, 0.2) is 0 Å². The van der Waals surface area contributed by atoms with Crippen LogP contribution >= 0.6 is 0 Å². The molecule has 0 aliphatic heterocycles. The summed E-state index contributed by atoms with van der Waals surface area (Å²) in [5, 5.41) is 8.59. The largest absolute Gasteiger partial charge is 0.489 e. The summed E-state index contributed by atoms with van der Waals surface area (Å²) < 4.78 is 5.77. The molecule has 0 saturated carbocycles. The second-order valence-corrected chi connectivity index (χ2v) is 4.58. The van der Waals surface area contributed by atoms with Gasteiger partial charge in [0.05, 0.1) is 6.07 Å². The van der Waals surface area contributed by atoms with Crippen molar-refractivity contribution in [2.75, 3.05) is 0 Å². The van der Waals surface area contributed by atoms with Crippen molar-refractivity contribution in [3.05, 3.63) is 65.2 Å². The van der Waals surface area contributed by atoms with Gasteiger partial charge in [0.25, 0.3) is 0 Å². The molecular formula is C17H17NO. The average molecular weight is 251 g/mol. The number of rotatable bonds is 5. The lowest BCUT2D eigenvalue weighted by atomic mass is 10.1. The second-order valence-electron chi connectivity index (χ2n) is 4.58. The van der Waals surface area contributed by atoms with Crippen LogP contribution in [0.15, 0.2) is 48.5 Å². The number of nitrogens with zero attached hydrogens (tertiary/aromatic N) is 1. The first-order valence-electron chi connectivity index (χ1n) is 6.42. The van der Waals surface area contributed by atoms with Gasteiger partial charge in [0.1, 0.15) is 12.4 Å². The van der Waals surface area contributed by atoms with Crippen LogP contribution in [0, 0.1) is 18.3 Å². The fraction of sp³-hybridized carbons (Fsp3) is 0.235. The van der Waals surface area contributed by atoms with E-state index in [0.29, 0.717) is 13.0 Å². The maximum atomic E-state index is 8.59. The van der Waals surface area contributed by atoms with Gasteiger partial charge < -0.3 is 4.74 Å². The fourth-order valence-corrected chi connectivity index (χ4v) is 1.84. The molecule has 0 fully saturated rings. The van der Waals surface area contributed by atoms with Crippen molar-refractivity contribution >= 4 is 0 Å². The van der Waals surface area contributed by atoms with Crippen LogP contribution < -0.4 is 4.74 Å². The van der Waals surface area contributed by atoms with Crippen molar-refractivity contribution < 1.29 is 4.74 Å². The summed E-state index contributed by atoms with van der Waals surface area (Å²) in [6.07, 6.45) is 1.32. The summed E-state index contributed by atoms with van der Waals surface area (Å²) in [7, 11) is 0. The van der Waals surface area contributed by atoms with Crippen molar-refractivity contribution in [1.29, 1.82) is 5.26 Å². The molecule has 0 aliphatic rings. The van der Waals surface area contributed by atoms with Gasteiger partial charge in [-0.25, -0.2) is 0 Å². The molecule has 0 N–H and O–H groups in total. The third-order valence-corrected chi connectivity index (χ3v) is 2.95. The summed E-state index contributed by atoms with van der Waals surface area (Å²) in [5.74, 6) is 0.857. The van der Waals surface area contributed by atoms with Crippen LogP contribution in [-0.2, 0) is 13.0 Å². The minimum Gasteiger partial charge on any atom is -0.489 e. The highest BCUT2D eigenvalue weighted by atomic mass is 16.5. The van der Waals surface area contributed by atoms with Gasteiger partial charge in [-0.1, -0.05) is 42.0 Å². The summed E-state index contributed by atoms with van der Waals surface area (Å²) in [6, 6.07) is 18.4. The number of ether oxygens (including phenoxy) is 1. The van der Waals surface area contributed by atoms with Crippen LogP contribution in [0.1, 0.15) is 23.1 Å². The predicted molar refractivity (Wildman–Crippen MR) is 75.9 cm³/mol. The molecule has 2 heteroatoms. The first-order valence-corrected chi connectivity index (χ1v) is 6.42. The van der Waals surface area contributed by atoms with Crippen LogP contribution in [0.25, 0.3) is 0 Å². The Morgan fingerprint density at radius 2 is 1.84 bits per heavy atom. The highest BCUT2D eigenvalue weighted by Crippen LogP contribution is 2.16. The van der Waals surface area contributed by atoms with Crippen LogP contribution in [0.4, 0.5) is 0 Å². The van der Waals surface area contributed by atoms with E-state index in [-0.39, 0.29) is 0 Å². The number of hydrogen-bond acceptors (Lipinski definition) is 2. The van der Waals surface area contributed by atoms with Crippen molar-refractivity contribution in [2.24, 2.45) is 0 Å². The normalized spacial score (nSPS) is 9.89. The molecule has 2 aromatic rings. The van der Waals surface area contributed by atoms with Crippen LogP contribution in [-0.4, -0.2) is 0 Å². The summed E-state index contributed by atoms with van der Waals surface area (Å²) in [6.45, 7) is 2.64. The van der Waals surface area contributed by atoms with Crippen molar-refractivity contribution in [3.63, 3.8) is 0 Å². The lowest BCUT2D eigenvalue weighted by Gasteiger charge is -2.08. The van der Waals surface area contributed by atoms with Gasteiger partial charge in [0.2, 0.25) is 0 Å². The molecule has 19 heavy (non-hydrogen) atoms. The van der Waals surface area contributed by atoms with Gasteiger partial charge in [-0.3, -0.25) is 0 Å². The van der Waals surface area contributed by atoms with Crippen molar-refractivity contribution in [1.82, 2.24) is 0 Å². The van der Waals surface area contributed by atoms with Crippen molar-refractivity contribution in [3.8, 4) is 11.8 Å². The van der Waals surface area contributed by atoms with Gasteiger partial charge in [-0.05, 0) is 36.6 Å². The van der Waals surface area contributed by atoms with E-state index in [2.05, 4.69) is 37.3 Å². The van der Waals surface area contributed by atoms with E-state index in [1.807, 2.05) is 24.3 Å². The molecule has 0 amide bonds. The minimum atomic E-state index is 0.543. The molecule has 96 valence electrons. The number of nitriles is 1. The molecule has 0 heterocycles. The Labute approximate surface area is 114 Å². The first kappa shape index (κ1) is 13.2. The molecule has 2 aromatic carbocycles. The lowest BCUT2D eigenvalue weighted by molar-refractivity contribution is 0.306. The summed E-state index contributed by atoms with van der Waals surface area (Å²) in [4.78, 5) is 0. The van der Waals surface area contributed by atoms with Crippen LogP contribution in [0.3, 0.4) is 0 Å². The molecule has 0 unspecified atom stereocenters. The summed E-state index contributed by atoms with van der Waals surface area (Å²) >= 11 is 0. The van der Waals surface area contributed by atoms with E-state index in [0.717, 1.165) is 23.3 Å². The summed E-state index contributed by atoms with van der Waals surface area (Å²) in [5.41, 5.74) is 3.55.